The number of nitrogens with zero attached hydrogens (tertiary/aromatic N) is 7. The highest BCUT2D eigenvalue weighted by Crippen LogP contribution is 2.38. The lowest BCUT2D eigenvalue weighted by molar-refractivity contribution is -0.193. The summed E-state index contributed by atoms with van der Waals surface area (Å²) in [5.41, 5.74) is 12.0. The smallest absolute Gasteiger partial charge is 0.373 e. The van der Waals surface area contributed by atoms with E-state index in [4.69, 9.17) is 34.4 Å². The maximum Gasteiger partial charge on any atom is 0.373 e. The van der Waals surface area contributed by atoms with E-state index in [1.807, 2.05) is 125 Å². The van der Waals surface area contributed by atoms with Gasteiger partial charge in [0, 0.05) is 22.3 Å². The van der Waals surface area contributed by atoms with Crippen molar-refractivity contribution in [2.75, 3.05) is 23.0 Å². The predicted octanol–water partition coefficient (Wildman–Crippen LogP) is 5.95. The third kappa shape index (κ3) is 10.6. The molecule has 8 rings (SSSR count). The average Bonchev–Trinajstić information content (AvgIpc) is 3.80. The van der Waals surface area contributed by atoms with E-state index in [-0.39, 0.29) is 48.3 Å². The molecule has 0 saturated carbocycles. The number of hydrogen-bond donors (Lipinski definition) is 1. The zero-order chi connectivity index (χ0) is 45.6. The summed E-state index contributed by atoms with van der Waals surface area (Å²) in [7, 11) is 0. The molecular formula is C46H38N8O9. The number of nitriles is 1. The molecule has 0 unspecified atom stereocenters. The van der Waals surface area contributed by atoms with Crippen LogP contribution in [0.3, 0.4) is 0 Å². The Kier molecular flexibility index (Phi) is 15.1. The van der Waals surface area contributed by atoms with Gasteiger partial charge in [-0.1, -0.05) is 35.4 Å². The van der Waals surface area contributed by atoms with Crippen LogP contribution in [0.2, 0.25) is 0 Å². The van der Waals surface area contributed by atoms with Crippen LogP contribution >= 0.6 is 0 Å². The van der Waals surface area contributed by atoms with Crippen molar-refractivity contribution < 1.29 is 43.0 Å². The first-order valence-corrected chi connectivity index (χ1v) is 19.2. The molecule has 2 aromatic heterocycles. The first-order chi connectivity index (χ1) is 30.4. The summed E-state index contributed by atoms with van der Waals surface area (Å²) in [6.45, 7) is 8.94. The van der Waals surface area contributed by atoms with Crippen LogP contribution in [-0.2, 0) is 41.6 Å². The molecule has 17 heteroatoms. The second kappa shape index (κ2) is 21.0. The van der Waals surface area contributed by atoms with Gasteiger partial charge >= 0.3 is 12.3 Å². The van der Waals surface area contributed by atoms with E-state index < -0.39 is 5.91 Å². The van der Waals surface area contributed by atoms with Crippen molar-refractivity contribution in [3.63, 3.8) is 0 Å². The molecule has 3 amide bonds. The normalized spacial score (nSPS) is 11.7. The van der Waals surface area contributed by atoms with E-state index in [0.29, 0.717) is 58.9 Å². The number of nitrogens with two attached hydrogens (primary N) is 1. The highest BCUT2D eigenvalue weighted by atomic mass is 16.5. The van der Waals surface area contributed by atoms with Crippen LogP contribution in [-0.4, -0.2) is 63.2 Å². The monoisotopic (exact) mass is 846 g/mol. The lowest BCUT2D eigenvalue weighted by atomic mass is 10.1. The SMILES string of the molecule is CCOc1ccc(-c2nc(C#N)c3c(n2)N(c2ccc(C)cc2)C(=O)C3)cc1.CCOc1ccc(-c2nc(C(N)=O)c3c(n2)N(c2ccc(C)cc2)C(=O)C3)cc1.O=C=O.O=C=O. The number of amides is 3. The molecule has 4 aromatic carbocycles. The second-order valence-corrected chi connectivity index (χ2v) is 13.4. The number of primary amides is 1. The number of rotatable bonds is 9. The zero-order valence-corrected chi connectivity index (χ0v) is 34.4. The molecule has 63 heavy (non-hydrogen) atoms. The molecule has 17 nitrogen and oxygen atoms in total. The number of anilines is 4. The van der Waals surface area contributed by atoms with Gasteiger partial charge in [0.05, 0.1) is 37.4 Å². The highest BCUT2D eigenvalue weighted by molar-refractivity contribution is 6.09. The minimum Gasteiger partial charge on any atom is -0.494 e. The lowest BCUT2D eigenvalue weighted by Crippen LogP contribution is -2.21. The summed E-state index contributed by atoms with van der Waals surface area (Å²) in [5, 5.41) is 9.58. The van der Waals surface area contributed by atoms with Crippen LogP contribution < -0.4 is 25.0 Å². The predicted molar refractivity (Wildman–Crippen MR) is 225 cm³/mol. The van der Waals surface area contributed by atoms with Gasteiger partial charge in [0.2, 0.25) is 11.8 Å². The quantitative estimate of drug-likeness (QED) is 0.177. The Labute approximate surface area is 360 Å². The molecule has 0 aliphatic carbocycles. The van der Waals surface area contributed by atoms with E-state index >= 15 is 0 Å². The highest BCUT2D eigenvalue weighted by Gasteiger charge is 2.36. The summed E-state index contributed by atoms with van der Waals surface area (Å²) in [5.74, 6) is 2.11. The maximum absolute atomic E-state index is 12.7. The fourth-order valence-electron chi connectivity index (χ4n) is 6.54. The summed E-state index contributed by atoms with van der Waals surface area (Å²) in [4.78, 5) is 91.1. The number of hydrogen-bond acceptors (Lipinski definition) is 14. The average molecular weight is 847 g/mol. The van der Waals surface area contributed by atoms with Crippen LogP contribution in [0.5, 0.6) is 11.5 Å². The van der Waals surface area contributed by atoms with E-state index in [0.717, 1.165) is 33.9 Å². The van der Waals surface area contributed by atoms with E-state index in [9.17, 15) is 19.6 Å². The summed E-state index contributed by atoms with van der Waals surface area (Å²) in [6.07, 6.45) is 0.653. The van der Waals surface area contributed by atoms with Gasteiger partial charge < -0.3 is 15.2 Å². The Hall–Kier alpha value is -8.70. The van der Waals surface area contributed by atoms with Gasteiger partial charge in [0.1, 0.15) is 40.6 Å². The second-order valence-electron chi connectivity index (χ2n) is 13.4. The van der Waals surface area contributed by atoms with Gasteiger partial charge in [-0.15, -0.1) is 0 Å². The molecule has 6 aromatic rings. The third-order valence-corrected chi connectivity index (χ3v) is 9.32. The maximum atomic E-state index is 12.7. The molecule has 0 saturated heterocycles. The molecule has 0 fully saturated rings. The van der Waals surface area contributed by atoms with Crippen molar-refractivity contribution >= 4 is 53.0 Å². The fourth-order valence-corrected chi connectivity index (χ4v) is 6.54. The minimum absolute atomic E-state index is 0.0328. The summed E-state index contributed by atoms with van der Waals surface area (Å²) in [6, 6.07) is 31.9. The number of carbonyl (C=O) groups excluding carboxylic acids is 7. The van der Waals surface area contributed by atoms with Crippen molar-refractivity contribution in [1.29, 1.82) is 5.26 Å². The molecule has 316 valence electrons. The first-order valence-electron chi connectivity index (χ1n) is 19.2. The van der Waals surface area contributed by atoms with Crippen LogP contribution in [0.25, 0.3) is 22.8 Å². The van der Waals surface area contributed by atoms with E-state index in [1.165, 1.54) is 4.90 Å². The molecule has 0 radical (unpaired) electrons. The van der Waals surface area contributed by atoms with Crippen molar-refractivity contribution in [3.05, 3.63) is 131 Å². The standard InChI is InChI=1S/C22H20N4O3.C22H18N4O2.2CO2/c1-3-29-16-10-6-14(7-11-16)21-24-19(20(23)28)17-12-18(27)26(22(17)25-21)15-8-4-13(2)5-9-15;1-3-28-17-10-6-15(7-11-17)21-24-19(13-23)18-12-20(27)26(22(18)25-21)16-8-4-14(2)5-9-16;2*2-1-3/h4-11H,3,12H2,1-2H3,(H2,23,28);4-11H,3,12H2,1-2H3;;. The van der Waals surface area contributed by atoms with Gasteiger partial charge in [-0.3, -0.25) is 24.2 Å². The molecule has 0 atom stereocenters. The van der Waals surface area contributed by atoms with Gasteiger partial charge in [-0.2, -0.15) is 24.4 Å². The molecule has 4 heterocycles. The van der Waals surface area contributed by atoms with Crippen molar-refractivity contribution in [2.24, 2.45) is 5.73 Å². The molecule has 2 N–H and O–H groups in total. The van der Waals surface area contributed by atoms with E-state index in [1.54, 1.807) is 4.90 Å². The Morgan fingerprint density at radius 3 is 1.38 bits per heavy atom. The Morgan fingerprint density at radius 2 is 1.00 bits per heavy atom. The molecule has 0 spiro atoms. The van der Waals surface area contributed by atoms with Gasteiger partial charge in [0.25, 0.3) is 5.91 Å². The van der Waals surface area contributed by atoms with Crippen LogP contribution in [0, 0.1) is 25.2 Å². The number of fused-ring (bicyclic) bond motifs is 2. The topological polar surface area (TPSA) is 246 Å². The summed E-state index contributed by atoms with van der Waals surface area (Å²) >= 11 is 0. The molecular weight excluding hydrogens is 809 g/mol. The number of carbonyl (C=O) groups is 3. The Morgan fingerprint density at radius 1 is 0.619 bits per heavy atom. The van der Waals surface area contributed by atoms with Crippen LogP contribution in [0.15, 0.2) is 97.1 Å². The Balaban J connectivity index is 0.000000211. The van der Waals surface area contributed by atoms with Gasteiger partial charge in [0.15, 0.2) is 11.6 Å². The first kappa shape index (κ1) is 45.4. The van der Waals surface area contributed by atoms with Gasteiger partial charge in [-0.25, -0.2) is 19.9 Å². The Bertz CT molecular complexity index is 2730. The van der Waals surface area contributed by atoms with Crippen molar-refractivity contribution in [2.45, 2.75) is 40.5 Å². The molecule has 2 aliphatic rings. The fraction of sp³-hybridized carbons (Fsp3) is 0.174. The van der Waals surface area contributed by atoms with Crippen LogP contribution in [0.1, 0.15) is 52.3 Å². The zero-order valence-electron chi connectivity index (χ0n) is 34.4. The molecule has 2 aliphatic heterocycles. The van der Waals surface area contributed by atoms with Crippen molar-refractivity contribution in [1.82, 2.24) is 19.9 Å². The number of benzene rings is 4. The number of aryl methyl sites for hydroxylation is 2. The summed E-state index contributed by atoms with van der Waals surface area (Å²) < 4.78 is 10.9. The van der Waals surface area contributed by atoms with Crippen molar-refractivity contribution in [3.8, 4) is 40.3 Å². The largest absolute Gasteiger partial charge is 0.494 e. The van der Waals surface area contributed by atoms with E-state index in [2.05, 4.69) is 26.0 Å². The lowest BCUT2D eigenvalue weighted by Gasteiger charge is -2.18. The number of ether oxygens (including phenoxy) is 2. The third-order valence-electron chi connectivity index (χ3n) is 9.32. The van der Waals surface area contributed by atoms with Crippen LogP contribution in [0.4, 0.5) is 23.0 Å². The number of aromatic nitrogens is 4. The van der Waals surface area contributed by atoms with Gasteiger partial charge in [-0.05, 0) is 100 Å². The molecule has 0 bridgehead atoms. The minimum atomic E-state index is -0.686.